The molecule has 1 N–H and O–H groups in total. The van der Waals surface area contributed by atoms with Crippen molar-refractivity contribution in [3.05, 3.63) is 82.3 Å². The molecule has 7 heteroatoms. The van der Waals surface area contributed by atoms with E-state index < -0.39 is 0 Å². The van der Waals surface area contributed by atoms with Crippen molar-refractivity contribution in [3.8, 4) is 0 Å². The molecule has 0 unspecified atom stereocenters. The van der Waals surface area contributed by atoms with Crippen LogP contribution in [0.1, 0.15) is 5.56 Å². The molecule has 0 radical (unpaired) electrons. The van der Waals surface area contributed by atoms with E-state index in [-0.39, 0.29) is 11.6 Å². The van der Waals surface area contributed by atoms with Crippen molar-refractivity contribution in [2.75, 3.05) is 11.6 Å². The quantitative estimate of drug-likeness (QED) is 0.838. The third-order valence-electron chi connectivity index (χ3n) is 3.79. The highest BCUT2D eigenvalue weighted by atomic mass is 35.5. The lowest BCUT2D eigenvalue weighted by atomic mass is 9.97. The Bertz CT molecular complexity index is 904. The van der Waals surface area contributed by atoms with Gasteiger partial charge in [0.05, 0.1) is 12.3 Å². The van der Waals surface area contributed by atoms with Gasteiger partial charge in [-0.3, -0.25) is 4.98 Å². The number of hydrogen-bond donors (Lipinski definition) is 1. The van der Waals surface area contributed by atoms with Crippen molar-refractivity contribution >= 4 is 23.3 Å². The van der Waals surface area contributed by atoms with Gasteiger partial charge in [0, 0.05) is 18.0 Å². The van der Waals surface area contributed by atoms with Gasteiger partial charge in [0.2, 0.25) is 5.95 Å². The van der Waals surface area contributed by atoms with Gasteiger partial charge in [0.1, 0.15) is 0 Å². The van der Waals surface area contributed by atoms with Crippen molar-refractivity contribution in [1.82, 2.24) is 14.8 Å². The minimum Gasteiger partial charge on any atom is -0.274 e. The summed E-state index contributed by atoms with van der Waals surface area (Å²) >= 11 is 5.98. The van der Waals surface area contributed by atoms with E-state index in [1.165, 1.54) is 4.68 Å². The molecular weight excluding hydrogens is 338 g/mol. The number of hydrogen-bond acceptors (Lipinski definition) is 4. The largest absolute Gasteiger partial charge is 0.344 e. The maximum Gasteiger partial charge on any atom is 0.344 e. The van der Waals surface area contributed by atoms with Gasteiger partial charge in [-0.2, -0.15) is 5.10 Å². The molecular formula is C18H18ClN5O. The normalized spacial score (nSPS) is 17.6. The van der Waals surface area contributed by atoms with Crippen LogP contribution in [-0.2, 0) is 7.05 Å². The van der Waals surface area contributed by atoms with Crippen LogP contribution in [0, 0.1) is 5.92 Å². The molecule has 1 aliphatic heterocycles. The van der Waals surface area contributed by atoms with Gasteiger partial charge in [0.15, 0.2) is 0 Å². The molecule has 0 saturated carbocycles. The summed E-state index contributed by atoms with van der Waals surface area (Å²) in [6.45, 7) is 4.24. The zero-order chi connectivity index (χ0) is 17.8. The van der Waals surface area contributed by atoms with Crippen LogP contribution in [0.2, 0.25) is 5.02 Å². The van der Waals surface area contributed by atoms with E-state index in [9.17, 15) is 4.79 Å². The Hall–Kier alpha value is -2.86. The van der Waals surface area contributed by atoms with Gasteiger partial charge in [0.25, 0.3) is 0 Å². The zero-order valence-corrected chi connectivity index (χ0v) is 14.5. The Labute approximate surface area is 150 Å². The number of H-pyrrole nitrogens is 1. The summed E-state index contributed by atoms with van der Waals surface area (Å²) in [5.41, 5.74) is 1.60. The second-order valence-corrected chi connectivity index (χ2v) is 6.00. The van der Waals surface area contributed by atoms with Crippen LogP contribution in [0.3, 0.4) is 0 Å². The van der Waals surface area contributed by atoms with Crippen LogP contribution in [0.25, 0.3) is 0 Å². The summed E-state index contributed by atoms with van der Waals surface area (Å²) < 4.78 is 1.25. The lowest BCUT2D eigenvalue weighted by Gasteiger charge is -2.10. The number of nitrogens with one attached hydrogen (secondary N) is 1. The fourth-order valence-electron chi connectivity index (χ4n) is 2.54. The first-order valence-electron chi connectivity index (χ1n) is 7.79. The van der Waals surface area contributed by atoms with Crippen molar-refractivity contribution in [1.29, 1.82) is 0 Å². The molecule has 6 nitrogen and oxygen atoms in total. The number of anilines is 1. The highest BCUT2D eigenvalue weighted by molar-refractivity contribution is 6.30. The van der Waals surface area contributed by atoms with E-state index in [1.54, 1.807) is 18.1 Å². The summed E-state index contributed by atoms with van der Waals surface area (Å²) in [7, 11) is 1.60. The molecule has 2 aromatic rings. The molecule has 1 aromatic carbocycles. The van der Waals surface area contributed by atoms with Gasteiger partial charge < -0.3 is 0 Å². The summed E-state index contributed by atoms with van der Waals surface area (Å²) in [6.07, 6.45) is 9.52. The second-order valence-electron chi connectivity index (χ2n) is 5.56. The Morgan fingerprint density at radius 1 is 1.28 bits per heavy atom. The number of allylic oxidation sites excluding steroid dienone is 4. The third kappa shape index (κ3) is 3.80. The molecule has 1 aromatic heterocycles. The Morgan fingerprint density at radius 2 is 2.04 bits per heavy atom. The van der Waals surface area contributed by atoms with Crippen LogP contribution >= 0.6 is 11.6 Å². The standard InChI is InChI=1S/C18H18ClN5O/c1-3-4-5-6-7-14-12-24(17-20-18(25)23(2)22-17)21-16(14)13-8-10-15(19)11-9-13/h3-11,14H,1,12H2,2H3,(H,20,22,25)/b5-4-,7-6+/t14-/m0/s1. The fourth-order valence-corrected chi connectivity index (χ4v) is 2.67. The molecule has 128 valence electrons. The van der Waals surface area contributed by atoms with Crippen LogP contribution in [0.15, 0.2) is 71.1 Å². The lowest BCUT2D eigenvalue weighted by molar-refractivity contribution is 0.721. The molecule has 0 spiro atoms. The first-order chi connectivity index (χ1) is 12.1. The SMILES string of the molecule is C=C/C=C\C=C\[C@H]1CN(c2nn(C)c(=O)[nH]2)N=C1c1ccc(Cl)cc1. The summed E-state index contributed by atoms with van der Waals surface area (Å²) in [5.74, 6) is 0.484. The average molecular weight is 356 g/mol. The number of nitrogens with zero attached hydrogens (tertiary/aromatic N) is 4. The van der Waals surface area contributed by atoms with E-state index in [1.807, 2.05) is 42.5 Å². The molecule has 0 fully saturated rings. The van der Waals surface area contributed by atoms with Gasteiger partial charge in [-0.15, -0.1) is 5.10 Å². The van der Waals surface area contributed by atoms with Crippen LogP contribution in [0.5, 0.6) is 0 Å². The molecule has 1 aliphatic rings. The summed E-state index contributed by atoms with van der Waals surface area (Å²) in [5, 5.41) is 11.2. The molecule has 0 amide bonds. The minimum atomic E-state index is -0.272. The number of benzene rings is 1. The second kappa shape index (κ2) is 7.36. The van der Waals surface area contributed by atoms with Crippen molar-refractivity contribution in [2.45, 2.75) is 0 Å². The highest BCUT2D eigenvalue weighted by Gasteiger charge is 2.28. The predicted molar refractivity (Wildman–Crippen MR) is 101 cm³/mol. The molecule has 0 bridgehead atoms. The van der Waals surface area contributed by atoms with Gasteiger partial charge in [-0.1, -0.05) is 60.7 Å². The lowest BCUT2D eigenvalue weighted by Crippen LogP contribution is -2.19. The van der Waals surface area contributed by atoms with Gasteiger partial charge >= 0.3 is 5.69 Å². The summed E-state index contributed by atoms with van der Waals surface area (Å²) in [6, 6.07) is 7.55. The fraction of sp³-hybridized carbons (Fsp3) is 0.167. The highest BCUT2D eigenvalue weighted by Crippen LogP contribution is 2.24. The Morgan fingerprint density at radius 3 is 2.68 bits per heavy atom. The predicted octanol–water partition coefficient (Wildman–Crippen LogP) is 2.90. The average Bonchev–Trinajstić information content (AvgIpc) is 3.16. The monoisotopic (exact) mass is 355 g/mol. The Kier molecular flexibility index (Phi) is 5.00. The van der Waals surface area contributed by atoms with E-state index >= 15 is 0 Å². The van der Waals surface area contributed by atoms with Crippen LogP contribution in [0.4, 0.5) is 5.95 Å². The zero-order valence-electron chi connectivity index (χ0n) is 13.8. The maximum absolute atomic E-state index is 11.6. The number of hydrazone groups is 1. The molecule has 2 heterocycles. The van der Waals surface area contributed by atoms with Gasteiger partial charge in [-0.05, 0) is 17.7 Å². The van der Waals surface area contributed by atoms with Crippen molar-refractivity contribution < 1.29 is 0 Å². The topological polar surface area (TPSA) is 66.3 Å². The molecule has 25 heavy (non-hydrogen) atoms. The smallest absolute Gasteiger partial charge is 0.274 e. The first-order valence-corrected chi connectivity index (χ1v) is 8.17. The third-order valence-corrected chi connectivity index (χ3v) is 4.04. The number of rotatable bonds is 5. The van der Waals surface area contributed by atoms with E-state index in [2.05, 4.69) is 27.8 Å². The number of aromatic amines is 1. The van der Waals surface area contributed by atoms with E-state index in [0.717, 1.165) is 11.3 Å². The van der Waals surface area contributed by atoms with E-state index in [0.29, 0.717) is 17.5 Å². The molecule has 0 aliphatic carbocycles. The van der Waals surface area contributed by atoms with E-state index in [4.69, 9.17) is 11.6 Å². The molecule has 3 rings (SSSR count). The molecule has 0 saturated heterocycles. The maximum atomic E-state index is 11.6. The molecule has 1 atom stereocenters. The summed E-state index contributed by atoms with van der Waals surface area (Å²) in [4.78, 5) is 14.3. The van der Waals surface area contributed by atoms with Crippen molar-refractivity contribution in [3.63, 3.8) is 0 Å². The van der Waals surface area contributed by atoms with Gasteiger partial charge in [-0.25, -0.2) is 14.5 Å². The van der Waals surface area contributed by atoms with Crippen LogP contribution < -0.4 is 10.7 Å². The Balaban J connectivity index is 1.94. The number of aromatic nitrogens is 3. The van der Waals surface area contributed by atoms with Crippen molar-refractivity contribution in [2.24, 2.45) is 18.1 Å². The number of halogens is 1. The van der Waals surface area contributed by atoms with Crippen LogP contribution in [-0.4, -0.2) is 27.0 Å². The minimum absolute atomic E-state index is 0.0566. The first kappa shape index (κ1) is 17.0. The number of aryl methyl sites for hydroxylation is 1.